The van der Waals surface area contributed by atoms with E-state index in [0.29, 0.717) is 30.4 Å². The van der Waals surface area contributed by atoms with Crippen molar-refractivity contribution in [1.82, 2.24) is 44.8 Å². The summed E-state index contributed by atoms with van der Waals surface area (Å²) in [6.07, 6.45) is 11.1. The molecule has 1 aliphatic carbocycles. The molecule has 174 valence electrons. The molecule has 0 saturated heterocycles. The van der Waals surface area contributed by atoms with Gasteiger partial charge in [-0.2, -0.15) is 5.10 Å². The largest absolute Gasteiger partial charge is 0.412 e. The molecule has 5 aromatic rings. The monoisotopic (exact) mass is 467 g/mol. The Morgan fingerprint density at radius 2 is 2.03 bits per heavy atom. The number of fused-ring (bicyclic) bond motifs is 2. The van der Waals surface area contributed by atoms with Crippen LogP contribution in [0.1, 0.15) is 59.2 Å². The third kappa shape index (κ3) is 3.30. The maximum absolute atomic E-state index is 13.6. The molecule has 5 heterocycles. The highest BCUT2D eigenvalue weighted by atomic mass is 16.4. The van der Waals surface area contributed by atoms with Crippen LogP contribution in [-0.4, -0.2) is 57.3 Å². The molecule has 1 aliphatic heterocycles. The number of H-pyrrole nitrogens is 1. The Hall–Kier alpha value is -4.41. The zero-order valence-corrected chi connectivity index (χ0v) is 18.7. The van der Waals surface area contributed by atoms with Gasteiger partial charge in [0.15, 0.2) is 5.82 Å². The van der Waals surface area contributed by atoms with E-state index < -0.39 is 6.04 Å². The molecule has 1 fully saturated rings. The second kappa shape index (κ2) is 7.83. The van der Waals surface area contributed by atoms with Gasteiger partial charge in [-0.1, -0.05) is 18.2 Å². The lowest BCUT2D eigenvalue weighted by Crippen LogP contribution is -2.41. The van der Waals surface area contributed by atoms with E-state index in [1.54, 1.807) is 23.6 Å². The van der Waals surface area contributed by atoms with Crippen LogP contribution in [0.25, 0.3) is 22.4 Å². The van der Waals surface area contributed by atoms with Crippen LogP contribution < -0.4 is 0 Å². The number of aromatic nitrogens is 8. The van der Waals surface area contributed by atoms with Crippen LogP contribution in [0, 0.1) is 0 Å². The van der Waals surface area contributed by atoms with E-state index in [0.717, 1.165) is 35.1 Å². The van der Waals surface area contributed by atoms with E-state index >= 15 is 0 Å². The summed E-state index contributed by atoms with van der Waals surface area (Å²) in [7, 11) is 0. The van der Waals surface area contributed by atoms with Gasteiger partial charge >= 0.3 is 11.8 Å². The SMILES string of the molecule is O=C(c1nnc(-c2cnn(C3CCC3)c2)o1)N1CCc2[nH]cnc2[C@@H]1c1ncc2ccccc2n1. The van der Waals surface area contributed by atoms with Gasteiger partial charge in [0, 0.05) is 36.4 Å². The summed E-state index contributed by atoms with van der Waals surface area (Å²) in [5.74, 6) is 0.299. The van der Waals surface area contributed by atoms with Crippen molar-refractivity contribution < 1.29 is 9.21 Å². The molecule has 1 aromatic carbocycles. The van der Waals surface area contributed by atoms with Crippen LogP contribution in [0.4, 0.5) is 0 Å². The number of nitrogens with one attached hydrogen (secondary N) is 1. The fourth-order valence-electron chi connectivity index (χ4n) is 4.72. The quantitative estimate of drug-likeness (QED) is 0.426. The number of carbonyl (C=O) groups excluding carboxylic acids is 1. The number of amides is 1. The maximum atomic E-state index is 13.6. The number of hydrogen-bond acceptors (Lipinski definition) is 8. The number of benzene rings is 1. The number of carbonyl (C=O) groups is 1. The predicted octanol–water partition coefficient (Wildman–Crippen LogP) is 3.11. The Labute approximate surface area is 199 Å². The first kappa shape index (κ1) is 20.0. The third-order valence-corrected chi connectivity index (χ3v) is 6.84. The number of aromatic amines is 1. The molecule has 1 atom stereocenters. The molecule has 2 aliphatic rings. The predicted molar refractivity (Wildman–Crippen MR) is 123 cm³/mol. The molecule has 11 heteroatoms. The second-order valence-electron chi connectivity index (χ2n) is 8.91. The van der Waals surface area contributed by atoms with E-state index in [1.807, 2.05) is 35.1 Å². The standard InChI is InChI=1S/C24H21N9O2/c34-24(23-31-30-22(35-23)15-11-28-33(12-15)16-5-3-6-16)32-9-8-18-19(27-13-26-18)20(32)21-25-10-14-4-1-2-7-17(14)29-21/h1-2,4,7,10-13,16,20H,3,5-6,8-9H2,(H,26,27)/t20-/m1/s1. The molecule has 4 aromatic heterocycles. The molecule has 7 rings (SSSR count). The smallest absolute Gasteiger partial charge is 0.312 e. The van der Waals surface area contributed by atoms with Crippen LogP contribution in [0.5, 0.6) is 0 Å². The minimum Gasteiger partial charge on any atom is -0.412 e. The van der Waals surface area contributed by atoms with Gasteiger partial charge in [0.05, 0.1) is 35.3 Å². The van der Waals surface area contributed by atoms with Crippen molar-refractivity contribution >= 4 is 16.8 Å². The molecule has 0 unspecified atom stereocenters. The fourth-order valence-corrected chi connectivity index (χ4v) is 4.72. The number of para-hydroxylation sites is 1. The molecule has 0 radical (unpaired) electrons. The van der Waals surface area contributed by atoms with Crippen molar-refractivity contribution in [2.75, 3.05) is 6.54 Å². The van der Waals surface area contributed by atoms with Crippen molar-refractivity contribution in [2.45, 2.75) is 37.8 Å². The van der Waals surface area contributed by atoms with Gasteiger partial charge in [0.25, 0.3) is 5.89 Å². The Morgan fingerprint density at radius 3 is 2.91 bits per heavy atom. The van der Waals surface area contributed by atoms with Crippen molar-refractivity contribution in [2.24, 2.45) is 0 Å². The van der Waals surface area contributed by atoms with Crippen LogP contribution >= 0.6 is 0 Å². The number of imidazole rings is 1. The summed E-state index contributed by atoms with van der Waals surface area (Å²) in [5.41, 5.74) is 3.19. The zero-order chi connectivity index (χ0) is 23.4. The normalized spacial score (nSPS) is 17.9. The maximum Gasteiger partial charge on any atom is 0.312 e. The van der Waals surface area contributed by atoms with Crippen LogP contribution in [-0.2, 0) is 6.42 Å². The summed E-state index contributed by atoms with van der Waals surface area (Å²) in [5, 5.41) is 13.5. The van der Waals surface area contributed by atoms with Crippen molar-refractivity contribution in [1.29, 1.82) is 0 Å². The highest BCUT2D eigenvalue weighted by Gasteiger charge is 2.38. The first-order valence-corrected chi connectivity index (χ1v) is 11.7. The Kier molecular flexibility index (Phi) is 4.47. The minimum absolute atomic E-state index is 0.0823. The van der Waals surface area contributed by atoms with Crippen LogP contribution in [0.15, 0.2) is 53.6 Å². The van der Waals surface area contributed by atoms with Gasteiger partial charge in [-0.3, -0.25) is 9.48 Å². The Bertz CT molecular complexity index is 1550. The summed E-state index contributed by atoms with van der Waals surface area (Å²) < 4.78 is 7.75. The second-order valence-corrected chi connectivity index (χ2v) is 8.91. The van der Waals surface area contributed by atoms with Crippen LogP contribution in [0.2, 0.25) is 0 Å². The fraction of sp³-hybridized carbons (Fsp3) is 0.292. The van der Waals surface area contributed by atoms with E-state index in [9.17, 15) is 4.79 Å². The molecular formula is C24H21N9O2. The number of hydrogen-bond donors (Lipinski definition) is 1. The number of nitrogens with zero attached hydrogens (tertiary/aromatic N) is 8. The molecule has 0 spiro atoms. The van der Waals surface area contributed by atoms with E-state index in [1.165, 1.54) is 6.42 Å². The Morgan fingerprint density at radius 1 is 1.11 bits per heavy atom. The lowest BCUT2D eigenvalue weighted by Gasteiger charge is -2.32. The molecule has 1 amide bonds. The van der Waals surface area contributed by atoms with Crippen molar-refractivity contribution in [3.8, 4) is 11.5 Å². The minimum atomic E-state index is -0.571. The van der Waals surface area contributed by atoms with Crippen LogP contribution in [0.3, 0.4) is 0 Å². The summed E-state index contributed by atoms with van der Waals surface area (Å²) in [6, 6.07) is 7.60. The van der Waals surface area contributed by atoms with Gasteiger partial charge in [0.2, 0.25) is 0 Å². The molecule has 1 N–H and O–H groups in total. The highest BCUT2D eigenvalue weighted by molar-refractivity contribution is 5.90. The van der Waals surface area contributed by atoms with Crippen molar-refractivity contribution in [3.63, 3.8) is 0 Å². The van der Waals surface area contributed by atoms with E-state index in [2.05, 4.69) is 30.2 Å². The molecule has 11 nitrogen and oxygen atoms in total. The van der Waals surface area contributed by atoms with E-state index in [4.69, 9.17) is 9.40 Å². The first-order chi connectivity index (χ1) is 17.2. The molecule has 35 heavy (non-hydrogen) atoms. The van der Waals surface area contributed by atoms with Gasteiger partial charge < -0.3 is 14.3 Å². The molecular weight excluding hydrogens is 446 g/mol. The van der Waals surface area contributed by atoms with Gasteiger partial charge in [0.1, 0.15) is 6.04 Å². The lowest BCUT2D eigenvalue weighted by molar-refractivity contribution is 0.0643. The van der Waals surface area contributed by atoms with Crippen molar-refractivity contribution in [3.05, 3.63) is 72.3 Å². The Balaban J connectivity index is 1.23. The average molecular weight is 467 g/mol. The van der Waals surface area contributed by atoms with Gasteiger partial charge in [-0.25, -0.2) is 15.0 Å². The molecule has 0 bridgehead atoms. The van der Waals surface area contributed by atoms with E-state index in [-0.39, 0.29) is 17.7 Å². The first-order valence-electron chi connectivity index (χ1n) is 11.7. The molecule has 1 saturated carbocycles. The van der Waals surface area contributed by atoms with Gasteiger partial charge in [-0.15, -0.1) is 10.2 Å². The van der Waals surface area contributed by atoms with Gasteiger partial charge in [-0.05, 0) is 25.3 Å². The average Bonchev–Trinajstić information content (AvgIpc) is 3.62. The summed E-state index contributed by atoms with van der Waals surface area (Å²) >= 11 is 0. The summed E-state index contributed by atoms with van der Waals surface area (Å²) in [6.45, 7) is 0.437. The lowest BCUT2D eigenvalue weighted by atomic mass is 9.93. The zero-order valence-electron chi connectivity index (χ0n) is 18.7. The topological polar surface area (TPSA) is 132 Å². The third-order valence-electron chi connectivity index (χ3n) is 6.84. The summed E-state index contributed by atoms with van der Waals surface area (Å²) in [4.78, 5) is 32.3. The highest BCUT2D eigenvalue weighted by Crippen LogP contribution is 2.34. The number of rotatable bonds is 4.